The third-order valence-corrected chi connectivity index (χ3v) is 1.14. The van der Waals surface area contributed by atoms with Crippen LogP contribution in [0.3, 0.4) is 0 Å². The summed E-state index contributed by atoms with van der Waals surface area (Å²) in [5, 5.41) is 12.6. The van der Waals surface area contributed by atoms with E-state index in [1.165, 1.54) is 0 Å². The van der Waals surface area contributed by atoms with Crippen LogP contribution in [-0.2, 0) is 4.74 Å². The number of rotatable bonds is 1. The summed E-state index contributed by atoms with van der Waals surface area (Å²) in [6.07, 6.45) is -0.0243. The Balaban J connectivity index is 0.000000640. The Hall–Kier alpha value is 1.52. The average Bonchev–Trinajstić information content (AvgIpc) is 1.90. The van der Waals surface area contributed by atoms with Crippen molar-refractivity contribution in [3.8, 4) is 0 Å². The largest absolute Gasteiger partial charge is 1.00 e. The molecule has 4 heteroatoms. The van der Waals surface area contributed by atoms with Gasteiger partial charge >= 0.3 is 51.4 Å². The Morgan fingerprint density at radius 2 is 2.44 bits per heavy atom. The van der Waals surface area contributed by atoms with Gasteiger partial charge in [0.25, 0.3) is 0 Å². The Bertz CT molecular complexity index is 66.0. The summed E-state index contributed by atoms with van der Waals surface area (Å²) >= 11 is 0. The van der Waals surface area contributed by atoms with E-state index in [0.29, 0.717) is 13.2 Å². The van der Waals surface area contributed by atoms with Gasteiger partial charge in [-0.05, 0) is 0 Å². The topological polar surface area (TPSA) is 43.6 Å². The fourth-order valence-electron chi connectivity index (χ4n) is 0.682. The number of aliphatic hydroxyl groups excluding tert-OH is 1. The van der Waals surface area contributed by atoms with Crippen molar-refractivity contribution in [2.45, 2.75) is 6.10 Å². The Morgan fingerprint density at radius 1 is 1.67 bits per heavy atom. The minimum Gasteiger partial charge on any atom is -0.658 e. The van der Waals surface area contributed by atoms with E-state index in [4.69, 9.17) is 9.84 Å². The first-order chi connectivity index (χ1) is 3.93. The molecule has 1 aliphatic heterocycles. The molecule has 1 aliphatic rings. The smallest absolute Gasteiger partial charge is 0.658 e. The van der Waals surface area contributed by atoms with E-state index >= 15 is 0 Å². The molecule has 48 valence electrons. The molecule has 9 heavy (non-hydrogen) atoms. The van der Waals surface area contributed by atoms with Gasteiger partial charge in [0.05, 0.1) is 12.7 Å². The third-order valence-electron chi connectivity index (χ3n) is 1.14. The maximum absolute atomic E-state index is 8.51. The molecular formula is C5H10KNO2. The minimum atomic E-state index is -0.0243. The van der Waals surface area contributed by atoms with Crippen LogP contribution < -0.4 is 51.4 Å². The van der Waals surface area contributed by atoms with Gasteiger partial charge in [-0.3, -0.25) is 0 Å². The Labute approximate surface area is 97.6 Å². The van der Waals surface area contributed by atoms with Crippen LogP contribution in [0.15, 0.2) is 0 Å². The molecular weight excluding hydrogens is 145 g/mol. The van der Waals surface area contributed by atoms with Gasteiger partial charge in [-0.25, -0.2) is 0 Å². The third kappa shape index (κ3) is 4.05. The Morgan fingerprint density at radius 3 is 2.78 bits per heavy atom. The number of hydrogen-bond donors (Lipinski definition) is 1. The van der Waals surface area contributed by atoms with E-state index in [1.54, 1.807) is 0 Å². The van der Waals surface area contributed by atoms with Crippen LogP contribution in [0.4, 0.5) is 0 Å². The van der Waals surface area contributed by atoms with Crippen LogP contribution in [-0.4, -0.2) is 37.5 Å². The van der Waals surface area contributed by atoms with Gasteiger partial charge in [0.15, 0.2) is 0 Å². The molecule has 0 aromatic rings. The van der Waals surface area contributed by atoms with Gasteiger partial charge in [0.2, 0.25) is 0 Å². The predicted octanol–water partition coefficient (Wildman–Crippen LogP) is -3.24. The summed E-state index contributed by atoms with van der Waals surface area (Å²) in [5.74, 6) is 0. The average molecular weight is 155 g/mol. The zero-order valence-corrected chi connectivity index (χ0v) is 8.83. The second-order valence-electron chi connectivity index (χ2n) is 1.81. The molecule has 0 saturated carbocycles. The molecule has 3 nitrogen and oxygen atoms in total. The van der Waals surface area contributed by atoms with Gasteiger partial charge in [-0.15, -0.1) is 13.1 Å². The first kappa shape index (κ1) is 10.5. The van der Waals surface area contributed by atoms with Crippen molar-refractivity contribution >= 4 is 0 Å². The van der Waals surface area contributed by atoms with E-state index in [2.05, 4.69) is 5.32 Å². The molecule has 0 bridgehead atoms. The molecule has 0 aliphatic carbocycles. The molecule has 0 radical (unpaired) electrons. The van der Waals surface area contributed by atoms with Crippen molar-refractivity contribution in [3.05, 3.63) is 5.32 Å². The fourth-order valence-corrected chi connectivity index (χ4v) is 0.682. The molecule has 1 saturated heterocycles. The SMILES string of the molecule is OCC1C[N-]CCO1.[K+]. The molecule has 1 N–H and O–H groups in total. The van der Waals surface area contributed by atoms with E-state index in [1.807, 2.05) is 0 Å². The minimum absolute atomic E-state index is 0. The quantitative estimate of drug-likeness (QED) is 0.404. The van der Waals surface area contributed by atoms with E-state index in [9.17, 15) is 0 Å². The molecule has 1 rings (SSSR count). The zero-order chi connectivity index (χ0) is 5.82. The van der Waals surface area contributed by atoms with Crippen molar-refractivity contribution in [2.75, 3.05) is 26.3 Å². The molecule has 1 fully saturated rings. The predicted molar refractivity (Wildman–Crippen MR) is 29.9 cm³/mol. The number of hydrogen-bond acceptors (Lipinski definition) is 2. The van der Waals surface area contributed by atoms with Crippen molar-refractivity contribution in [1.82, 2.24) is 0 Å². The maximum atomic E-state index is 8.51. The monoisotopic (exact) mass is 155 g/mol. The number of aliphatic hydroxyl groups is 1. The summed E-state index contributed by atoms with van der Waals surface area (Å²) in [6, 6.07) is 0. The molecule has 0 aromatic heterocycles. The maximum Gasteiger partial charge on any atom is 1.00 e. The van der Waals surface area contributed by atoms with Crippen LogP contribution in [0.2, 0.25) is 0 Å². The van der Waals surface area contributed by atoms with Crippen LogP contribution in [0.5, 0.6) is 0 Å². The second-order valence-corrected chi connectivity index (χ2v) is 1.81. The first-order valence-electron chi connectivity index (χ1n) is 2.79. The zero-order valence-electron chi connectivity index (χ0n) is 5.71. The van der Waals surface area contributed by atoms with Crippen LogP contribution in [0.1, 0.15) is 0 Å². The summed E-state index contributed by atoms with van der Waals surface area (Å²) in [5.41, 5.74) is 0. The molecule has 1 heterocycles. The van der Waals surface area contributed by atoms with Gasteiger partial charge in [0, 0.05) is 6.61 Å². The van der Waals surface area contributed by atoms with Crippen molar-refractivity contribution in [3.63, 3.8) is 0 Å². The fraction of sp³-hybridized carbons (Fsp3) is 1.00. The summed E-state index contributed by atoms with van der Waals surface area (Å²) < 4.78 is 5.08. The summed E-state index contributed by atoms with van der Waals surface area (Å²) in [6.45, 7) is 2.22. The van der Waals surface area contributed by atoms with E-state index in [0.717, 1.165) is 6.54 Å². The van der Waals surface area contributed by atoms with Crippen LogP contribution in [0.25, 0.3) is 5.32 Å². The van der Waals surface area contributed by atoms with Gasteiger partial charge in [-0.2, -0.15) is 0 Å². The van der Waals surface area contributed by atoms with Crippen molar-refractivity contribution in [2.24, 2.45) is 0 Å². The summed E-state index contributed by atoms with van der Waals surface area (Å²) in [4.78, 5) is 0. The van der Waals surface area contributed by atoms with Crippen LogP contribution in [0, 0.1) is 0 Å². The molecule has 1 atom stereocenters. The van der Waals surface area contributed by atoms with Crippen molar-refractivity contribution in [1.29, 1.82) is 0 Å². The van der Waals surface area contributed by atoms with Crippen molar-refractivity contribution < 1.29 is 61.2 Å². The van der Waals surface area contributed by atoms with E-state index < -0.39 is 0 Å². The molecule has 0 amide bonds. The van der Waals surface area contributed by atoms with Gasteiger partial charge < -0.3 is 15.2 Å². The molecule has 0 aromatic carbocycles. The van der Waals surface area contributed by atoms with Crippen LogP contribution >= 0.6 is 0 Å². The number of morpholine rings is 1. The van der Waals surface area contributed by atoms with Gasteiger partial charge in [-0.1, -0.05) is 0 Å². The molecule has 1 unspecified atom stereocenters. The molecule has 0 spiro atoms. The number of ether oxygens (including phenoxy) is 1. The summed E-state index contributed by atoms with van der Waals surface area (Å²) in [7, 11) is 0. The Kier molecular flexibility index (Phi) is 7.29. The second kappa shape index (κ2) is 6.24. The first-order valence-corrected chi connectivity index (χ1v) is 2.79. The standard InChI is InChI=1S/C5H10NO2.K/c7-4-5-3-6-1-2-8-5;/h5,7H,1-4H2;/q-1;+1. The van der Waals surface area contributed by atoms with E-state index in [-0.39, 0.29) is 64.1 Å². The normalized spacial score (nSPS) is 27.0. The number of nitrogens with zero attached hydrogens (tertiary/aromatic N) is 1. The van der Waals surface area contributed by atoms with Gasteiger partial charge in [0.1, 0.15) is 0 Å².